The first-order valence-corrected chi connectivity index (χ1v) is 45.2. The lowest BCUT2D eigenvalue weighted by molar-refractivity contribution is 1.08. The average Bonchev–Trinajstić information content (AvgIpc) is 1.53. The van der Waals surface area contributed by atoms with Crippen molar-refractivity contribution >= 4 is 180 Å². The van der Waals surface area contributed by atoms with Crippen LogP contribution < -0.4 is 0 Å². The van der Waals surface area contributed by atoms with Crippen molar-refractivity contribution in [3.63, 3.8) is 0 Å². The van der Waals surface area contributed by atoms with Crippen LogP contribution in [0.1, 0.15) is 0 Å². The minimum atomic E-state index is 0.659. The standard InChI is InChI=1S/C63H37N3S2.C51H30N4S2/c1-2-12-38(13-3-1)61-64-62(45-27-31-58-56(36-45)52-22-8-9-23-57(52)67-58)66-63(65-61)46-25-29-53-55-35-44(26-30-59(55)68-60(53)37-46)42-17-11-15-40(33-42)39-14-10-16-41(32-39)43-24-28-51-49-20-5-4-18-47(49)48-19-6-7-21-50(48)54(51)34-43;1-3-12-31(13-4-1)49-52-50(54-51(53-49)39-18-11-21-46-48(39)38-17-8-10-20-44(38)56-46)34-22-25-37-41-29-33(24-27-45(41)57-47(37)30-34)32-23-26-43-40(28-32)36-16-7-9-19-42(36)55(43)35-14-5-2-6-15-35/h1-37H;1-30H. The molecule has 0 unspecified atom stereocenters. The zero-order valence-electron chi connectivity index (χ0n) is 66.9. The van der Waals surface area contributed by atoms with Crippen molar-refractivity contribution in [1.82, 2.24) is 34.5 Å². The lowest BCUT2D eigenvalue weighted by Crippen LogP contribution is -2.00. The Labute approximate surface area is 733 Å². The number of rotatable bonds is 11. The van der Waals surface area contributed by atoms with Gasteiger partial charge >= 0.3 is 0 Å². The maximum Gasteiger partial charge on any atom is 0.164 e. The Morgan fingerprint density at radius 2 is 0.456 bits per heavy atom. The molecule has 0 saturated heterocycles. The van der Waals surface area contributed by atoms with Crippen LogP contribution in [-0.2, 0) is 0 Å². The third kappa shape index (κ3) is 12.6. The summed E-state index contributed by atoms with van der Waals surface area (Å²) in [6.45, 7) is 0. The van der Waals surface area contributed by atoms with E-state index in [1.165, 1.54) is 185 Å². The number of aromatic nitrogens is 7. The third-order valence-corrected chi connectivity index (χ3v) is 29.1. The normalized spacial score (nSPS) is 11.8. The Morgan fingerprint density at radius 3 is 1.00 bits per heavy atom. The monoisotopic (exact) mass is 1660 g/mol. The van der Waals surface area contributed by atoms with Gasteiger partial charge in [-0.05, 0) is 198 Å². The van der Waals surface area contributed by atoms with Crippen molar-refractivity contribution in [1.29, 1.82) is 0 Å². The molecule has 0 N–H and O–H groups in total. The van der Waals surface area contributed by atoms with Crippen LogP contribution in [0.5, 0.6) is 0 Å². The summed E-state index contributed by atoms with van der Waals surface area (Å²) < 4.78 is 12.3. The van der Waals surface area contributed by atoms with Gasteiger partial charge in [0.2, 0.25) is 0 Å². The molecule has 0 radical (unpaired) electrons. The van der Waals surface area contributed by atoms with Gasteiger partial charge in [0, 0.05) is 131 Å². The third-order valence-electron chi connectivity index (χ3n) is 24.6. The van der Waals surface area contributed by atoms with Gasteiger partial charge in [-0.3, -0.25) is 0 Å². The molecule has 0 aliphatic carbocycles. The van der Waals surface area contributed by atoms with Gasteiger partial charge in [0.25, 0.3) is 0 Å². The van der Waals surface area contributed by atoms with E-state index < -0.39 is 0 Å². The van der Waals surface area contributed by atoms with Crippen molar-refractivity contribution in [2.75, 3.05) is 0 Å². The highest BCUT2D eigenvalue weighted by Crippen LogP contribution is 2.47. The Balaban J connectivity index is 0.000000139. The van der Waals surface area contributed by atoms with E-state index in [1.54, 1.807) is 11.3 Å². The van der Waals surface area contributed by atoms with Crippen LogP contribution in [-0.4, -0.2) is 34.5 Å². The number of nitrogens with zero attached hydrogens (tertiary/aromatic N) is 7. The Bertz CT molecular complexity index is 8850. The molecule has 0 fully saturated rings. The zero-order valence-corrected chi connectivity index (χ0v) is 70.2. The summed E-state index contributed by atoms with van der Waals surface area (Å²) in [6, 6.07) is 146. The molecule has 11 heteroatoms. The van der Waals surface area contributed by atoms with E-state index >= 15 is 0 Å². The van der Waals surface area contributed by atoms with Crippen LogP contribution in [0.4, 0.5) is 0 Å². The molecule has 0 spiro atoms. The quantitative estimate of drug-likeness (QED) is 0.120. The number of thiophene rings is 4. The van der Waals surface area contributed by atoms with Crippen molar-refractivity contribution in [2.45, 2.75) is 0 Å². The predicted octanol–water partition coefficient (Wildman–Crippen LogP) is 32.4. The second kappa shape index (κ2) is 29.8. The number of para-hydroxylation sites is 2. The summed E-state index contributed by atoms with van der Waals surface area (Å²) in [4.78, 5) is 30.7. The molecular formula is C114H67N7S4. The van der Waals surface area contributed by atoms with E-state index in [1.807, 2.05) is 70.4 Å². The van der Waals surface area contributed by atoms with Gasteiger partial charge in [-0.15, -0.1) is 45.3 Å². The smallest absolute Gasteiger partial charge is 0.164 e. The molecule has 7 aromatic heterocycles. The highest BCUT2D eigenvalue weighted by atomic mass is 32.1. The molecule has 26 rings (SSSR count). The predicted molar refractivity (Wildman–Crippen MR) is 532 cm³/mol. The van der Waals surface area contributed by atoms with Gasteiger partial charge in [0.05, 0.1) is 11.0 Å². The first-order chi connectivity index (χ1) is 61.9. The lowest BCUT2D eigenvalue weighted by atomic mass is 9.91. The molecule has 0 aliphatic rings. The Morgan fingerprint density at radius 1 is 0.152 bits per heavy atom. The minimum absolute atomic E-state index is 0.659. The summed E-state index contributed by atoms with van der Waals surface area (Å²) >= 11 is 7.24. The van der Waals surface area contributed by atoms with E-state index in [2.05, 4.69) is 375 Å². The maximum atomic E-state index is 5.20. The Kier molecular flexibility index (Phi) is 17.3. The van der Waals surface area contributed by atoms with Crippen molar-refractivity contribution < 1.29 is 0 Å². The fourth-order valence-electron chi connectivity index (χ4n) is 18.6. The number of benzene rings is 19. The van der Waals surface area contributed by atoms with Crippen LogP contribution in [0.25, 0.3) is 253 Å². The molecule has 0 saturated carbocycles. The van der Waals surface area contributed by atoms with Gasteiger partial charge in [-0.2, -0.15) is 0 Å². The van der Waals surface area contributed by atoms with E-state index in [4.69, 9.17) is 29.9 Å². The maximum absolute atomic E-state index is 5.20. The highest BCUT2D eigenvalue weighted by molar-refractivity contribution is 7.27. The van der Waals surface area contributed by atoms with Crippen LogP contribution in [0, 0.1) is 0 Å². The summed E-state index contributed by atoms with van der Waals surface area (Å²) in [5.74, 6) is 3.99. The molecular weight excluding hydrogens is 1600 g/mol. The van der Waals surface area contributed by atoms with E-state index in [9.17, 15) is 0 Å². The summed E-state index contributed by atoms with van der Waals surface area (Å²) in [5, 5.41) is 20.1. The van der Waals surface area contributed by atoms with Crippen LogP contribution in [0.2, 0.25) is 0 Å². The molecule has 0 amide bonds. The van der Waals surface area contributed by atoms with Gasteiger partial charge in [-0.25, -0.2) is 29.9 Å². The molecule has 7 heterocycles. The first-order valence-electron chi connectivity index (χ1n) is 41.9. The summed E-state index contributed by atoms with van der Waals surface area (Å²) in [6.07, 6.45) is 0. The zero-order chi connectivity index (χ0) is 82.2. The van der Waals surface area contributed by atoms with Crippen LogP contribution in [0.3, 0.4) is 0 Å². The first kappa shape index (κ1) is 72.5. The van der Waals surface area contributed by atoms with Crippen LogP contribution in [0.15, 0.2) is 406 Å². The summed E-state index contributed by atoms with van der Waals surface area (Å²) in [7, 11) is 0. The summed E-state index contributed by atoms with van der Waals surface area (Å²) in [5.41, 5.74) is 19.0. The van der Waals surface area contributed by atoms with E-state index in [0.717, 1.165) is 33.4 Å². The number of hydrogen-bond acceptors (Lipinski definition) is 10. The molecule has 0 bridgehead atoms. The van der Waals surface area contributed by atoms with Crippen LogP contribution >= 0.6 is 45.3 Å². The average molecular weight is 1660 g/mol. The molecule has 125 heavy (non-hydrogen) atoms. The topological polar surface area (TPSA) is 82.3 Å². The molecule has 0 atom stereocenters. The highest BCUT2D eigenvalue weighted by Gasteiger charge is 2.23. The largest absolute Gasteiger partial charge is 0.309 e. The second-order valence-electron chi connectivity index (χ2n) is 31.9. The van der Waals surface area contributed by atoms with Crippen molar-refractivity contribution in [3.8, 4) is 119 Å². The SMILES string of the molecule is c1ccc(-c2nc(-c3ccc4c(c3)sc3ccc(-c5ccc6c(c5)c5ccccc5n6-c5ccccc5)cc34)nc(-c3cccc4sc5ccccc5c34)n2)cc1.c1ccc(-c2nc(-c3ccc4c(c3)sc3ccc(-c5cccc(-c6cccc(-c7ccc8c9ccccc9c9ccccc9c8c7)c6)c5)cc34)nc(-c3ccc4sc5ccccc5c4c3)n2)cc1. The molecule has 26 aromatic rings. The van der Waals surface area contributed by atoms with Crippen molar-refractivity contribution in [3.05, 3.63) is 406 Å². The number of hydrogen-bond donors (Lipinski definition) is 0. The molecule has 7 nitrogen and oxygen atoms in total. The van der Waals surface area contributed by atoms with Crippen molar-refractivity contribution in [2.24, 2.45) is 0 Å². The van der Waals surface area contributed by atoms with Gasteiger partial charge in [0.1, 0.15) is 0 Å². The number of fused-ring (bicyclic) bond motifs is 21. The van der Waals surface area contributed by atoms with E-state index in [-0.39, 0.29) is 0 Å². The fraction of sp³-hybridized carbons (Fsp3) is 0. The van der Waals surface area contributed by atoms with Gasteiger partial charge < -0.3 is 4.57 Å². The van der Waals surface area contributed by atoms with Gasteiger partial charge in [0.15, 0.2) is 34.9 Å². The molecule has 582 valence electrons. The lowest BCUT2D eigenvalue weighted by Gasteiger charge is -2.13. The van der Waals surface area contributed by atoms with E-state index in [0.29, 0.717) is 34.9 Å². The Hall–Kier alpha value is -15.3. The second-order valence-corrected chi connectivity index (χ2v) is 36.2. The molecule has 0 aliphatic heterocycles. The fourth-order valence-corrected chi connectivity index (χ4v) is 23.0. The minimum Gasteiger partial charge on any atom is -0.309 e. The molecule has 19 aromatic carbocycles. The van der Waals surface area contributed by atoms with Gasteiger partial charge in [-0.1, -0.05) is 285 Å².